The third kappa shape index (κ3) is 4.62. The zero-order chi connectivity index (χ0) is 24.0. The summed E-state index contributed by atoms with van der Waals surface area (Å²) in [6.45, 7) is 0. The highest BCUT2D eigenvalue weighted by Crippen LogP contribution is 2.41. The highest BCUT2D eigenvalue weighted by atomic mass is 35.5. The number of nitrogens with one attached hydrogen (secondary N) is 3. The van der Waals surface area contributed by atoms with Crippen LogP contribution in [0.4, 0.5) is 30.6 Å². The lowest BCUT2D eigenvalue weighted by molar-refractivity contribution is -0.137. The predicted octanol–water partition coefficient (Wildman–Crippen LogP) is 5.95. The number of H-pyrrole nitrogens is 1. The van der Waals surface area contributed by atoms with E-state index in [1.54, 1.807) is 0 Å². The Morgan fingerprint density at radius 1 is 1.06 bits per heavy atom. The van der Waals surface area contributed by atoms with Gasteiger partial charge in [0.1, 0.15) is 17.0 Å². The first-order chi connectivity index (χ1) is 16.2. The van der Waals surface area contributed by atoms with Crippen LogP contribution in [-0.4, -0.2) is 30.8 Å². The average Bonchev–Trinajstić information content (AvgIpc) is 3.55. The van der Waals surface area contributed by atoms with Crippen molar-refractivity contribution in [3.8, 4) is 0 Å². The highest BCUT2D eigenvalue weighted by molar-refractivity contribution is 6.39. The Hall–Kier alpha value is -3.44. The predicted molar refractivity (Wildman–Crippen MR) is 121 cm³/mol. The number of amides is 1. The molecule has 1 fully saturated rings. The summed E-state index contributed by atoms with van der Waals surface area (Å²) >= 11 is 12.2. The van der Waals surface area contributed by atoms with Gasteiger partial charge in [-0.05, 0) is 31.0 Å². The quantitative estimate of drug-likeness (QED) is 0.308. The molecule has 0 saturated heterocycles. The number of carbonyl (C=O) groups is 1. The van der Waals surface area contributed by atoms with Gasteiger partial charge in [0.2, 0.25) is 5.95 Å². The van der Waals surface area contributed by atoms with Crippen molar-refractivity contribution >= 4 is 57.6 Å². The van der Waals surface area contributed by atoms with E-state index in [2.05, 4.69) is 35.6 Å². The molecule has 0 spiro atoms. The summed E-state index contributed by atoms with van der Waals surface area (Å²) in [7, 11) is 0. The number of anilines is 3. The normalized spacial score (nSPS) is 13.8. The second-order valence-corrected chi connectivity index (χ2v) is 8.48. The summed E-state index contributed by atoms with van der Waals surface area (Å²) in [5, 5.41) is 5.93. The number of imidazole rings is 1. The number of alkyl halides is 3. The maximum absolute atomic E-state index is 13.3. The van der Waals surface area contributed by atoms with Gasteiger partial charge in [0.25, 0.3) is 5.91 Å². The van der Waals surface area contributed by atoms with Crippen LogP contribution in [0.3, 0.4) is 0 Å². The number of hydrogen-bond acceptors (Lipinski definition) is 6. The molecule has 34 heavy (non-hydrogen) atoms. The molecular weight excluding hydrogens is 494 g/mol. The number of fused-ring (bicyclic) bond motifs is 1. The number of pyridine rings is 3. The molecule has 8 nitrogen and oxygen atoms in total. The molecule has 4 aromatic heterocycles. The van der Waals surface area contributed by atoms with Crippen molar-refractivity contribution in [2.45, 2.75) is 24.9 Å². The molecular formula is C21H14Cl2F3N7O. The Balaban J connectivity index is 1.39. The molecule has 0 aromatic carbocycles. The van der Waals surface area contributed by atoms with Crippen LogP contribution in [0, 0.1) is 0 Å². The molecule has 0 aliphatic heterocycles. The monoisotopic (exact) mass is 507 g/mol. The van der Waals surface area contributed by atoms with Crippen LogP contribution in [0.2, 0.25) is 10.0 Å². The van der Waals surface area contributed by atoms with Crippen LogP contribution in [0.25, 0.3) is 11.0 Å². The summed E-state index contributed by atoms with van der Waals surface area (Å²) in [6, 6.07) is 3.26. The Bertz CT molecular complexity index is 1400. The second-order valence-electron chi connectivity index (χ2n) is 7.67. The zero-order valence-corrected chi connectivity index (χ0v) is 18.6. The summed E-state index contributed by atoms with van der Waals surface area (Å²) in [4.78, 5) is 32.1. The van der Waals surface area contributed by atoms with Gasteiger partial charge in [0.05, 0.1) is 33.0 Å². The fraction of sp³-hybridized carbons (Fsp3) is 0.190. The fourth-order valence-corrected chi connectivity index (χ4v) is 3.75. The molecule has 5 rings (SSSR count). The van der Waals surface area contributed by atoms with Crippen molar-refractivity contribution < 1.29 is 18.0 Å². The number of rotatable bonds is 5. The Labute approximate surface area is 199 Å². The Morgan fingerprint density at radius 3 is 2.47 bits per heavy atom. The second kappa shape index (κ2) is 8.41. The van der Waals surface area contributed by atoms with Gasteiger partial charge in [0, 0.05) is 24.0 Å². The first kappa shape index (κ1) is 22.4. The number of aromatic nitrogens is 5. The van der Waals surface area contributed by atoms with Gasteiger partial charge in [-0.15, -0.1) is 0 Å². The Kier molecular flexibility index (Phi) is 5.53. The van der Waals surface area contributed by atoms with Gasteiger partial charge < -0.3 is 15.6 Å². The molecule has 13 heteroatoms. The minimum absolute atomic E-state index is 0.0225. The molecule has 0 bridgehead atoms. The lowest BCUT2D eigenvalue weighted by Gasteiger charge is -2.12. The van der Waals surface area contributed by atoms with Crippen molar-refractivity contribution in [2.24, 2.45) is 0 Å². The van der Waals surface area contributed by atoms with E-state index in [0.29, 0.717) is 22.4 Å². The van der Waals surface area contributed by atoms with Gasteiger partial charge in [-0.1, -0.05) is 23.2 Å². The molecule has 3 N–H and O–H groups in total. The van der Waals surface area contributed by atoms with Crippen LogP contribution in [0.15, 0.2) is 36.8 Å². The van der Waals surface area contributed by atoms with E-state index in [4.69, 9.17) is 23.2 Å². The van der Waals surface area contributed by atoms with Crippen LogP contribution in [0.5, 0.6) is 0 Å². The van der Waals surface area contributed by atoms with E-state index >= 15 is 0 Å². The summed E-state index contributed by atoms with van der Waals surface area (Å²) in [6.07, 6.45) is 1.18. The van der Waals surface area contributed by atoms with Crippen molar-refractivity contribution in [1.82, 2.24) is 24.9 Å². The van der Waals surface area contributed by atoms with Gasteiger partial charge in [-0.3, -0.25) is 9.78 Å². The van der Waals surface area contributed by atoms with E-state index in [1.807, 2.05) is 0 Å². The summed E-state index contributed by atoms with van der Waals surface area (Å²) in [5.74, 6) is -0.624. The number of hydrogen-bond donors (Lipinski definition) is 3. The zero-order valence-electron chi connectivity index (χ0n) is 17.0. The van der Waals surface area contributed by atoms with Crippen molar-refractivity contribution in [3.05, 3.63) is 63.8 Å². The van der Waals surface area contributed by atoms with E-state index in [0.717, 1.165) is 25.0 Å². The fourth-order valence-electron chi connectivity index (χ4n) is 3.29. The standard InChI is InChI=1S/C21H14Cl2F3N7O/c22-11-6-27-7-12(23)18(11)33-20-30-14-5-15(28-8-16(14)31-20)19(34)32-17-4-10(21(24,25)26)3-13(29-17)9-1-2-9/h3-9H,1-2H2,(H,29,32,34)(H2,27,30,31,33). The molecule has 1 aliphatic rings. The lowest BCUT2D eigenvalue weighted by Crippen LogP contribution is -2.16. The van der Waals surface area contributed by atoms with Crippen LogP contribution < -0.4 is 10.6 Å². The number of carbonyl (C=O) groups excluding carboxylic acids is 1. The third-order valence-corrected chi connectivity index (χ3v) is 5.68. The average molecular weight is 508 g/mol. The van der Waals surface area contributed by atoms with Crippen LogP contribution in [-0.2, 0) is 6.18 Å². The maximum atomic E-state index is 13.3. The van der Waals surface area contributed by atoms with E-state index < -0.39 is 17.6 Å². The van der Waals surface area contributed by atoms with E-state index in [9.17, 15) is 18.0 Å². The van der Waals surface area contributed by atoms with Gasteiger partial charge in [-0.2, -0.15) is 13.2 Å². The van der Waals surface area contributed by atoms with Gasteiger partial charge in [-0.25, -0.2) is 15.0 Å². The lowest BCUT2D eigenvalue weighted by atomic mass is 10.1. The first-order valence-electron chi connectivity index (χ1n) is 9.99. The minimum atomic E-state index is -4.55. The van der Waals surface area contributed by atoms with Crippen LogP contribution in [0.1, 0.15) is 40.5 Å². The minimum Gasteiger partial charge on any atom is -0.324 e. The molecule has 1 saturated carbocycles. The van der Waals surface area contributed by atoms with Crippen LogP contribution >= 0.6 is 23.2 Å². The summed E-state index contributed by atoms with van der Waals surface area (Å²) < 4.78 is 39.9. The largest absolute Gasteiger partial charge is 0.416 e. The van der Waals surface area contributed by atoms with Crippen molar-refractivity contribution in [1.29, 1.82) is 0 Å². The third-order valence-electron chi connectivity index (χ3n) is 5.11. The van der Waals surface area contributed by atoms with E-state index in [1.165, 1.54) is 24.7 Å². The molecule has 0 atom stereocenters. The molecule has 0 unspecified atom stereocenters. The van der Waals surface area contributed by atoms with Gasteiger partial charge in [0.15, 0.2) is 0 Å². The molecule has 1 amide bonds. The molecule has 0 radical (unpaired) electrons. The topological polar surface area (TPSA) is 108 Å². The number of nitrogens with zero attached hydrogens (tertiary/aromatic N) is 4. The number of aromatic amines is 1. The van der Waals surface area contributed by atoms with E-state index in [-0.39, 0.29) is 33.4 Å². The van der Waals surface area contributed by atoms with Crippen molar-refractivity contribution in [2.75, 3.05) is 10.6 Å². The van der Waals surface area contributed by atoms with Crippen molar-refractivity contribution in [3.63, 3.8) is 0 Å². The maximum Gasteiger partial charge on any atom is 0.416 e. The smallest absolute Gasteiger partial charge is 0.324 e. The van der Waals surface area contributed by atoms with Gasteiger partial charge >= 0.3 is 6.18 Å². The molecule has 1 aliphatic carbocycles. The SMILES string of the molecule is O=C(Nc1cc(C(F)(F)F)cc(C2CC2)n1)c1cc2[nH]c(Nc3c(Cl)cncc3Cl)nc2cn1. The summed E-state index contributed by atoms with van der Waals surface area (Å²) in [5.41, 5.74) is 0.709. The highest BCUT2D eigenvalue weighted by Gasteiger charge is 2.34. The molecule has 4 aromatic rings. The number of halogens is 5. The molecule has 174 valence electrons. The molecule has 4 heterocycles. The Morgan fingerprint density at radius 2 is 1.79 bits per heavy atom. The first-order valence-corrected chi connectivity index (χ1v) is 10.8.